The molecule has 0 aliphatic carbocycles. The second-order valence-corrected chi connectivity index (χ2v) is 9.01. The second-order valence-electron chi connectivity index (χ2n) is 7.07. The highest BCUT2D eigenvalue weighted by atomic mass is 32.2. The van der Waals surface area contributed by atoms with E-state index in [1.54, 1.807) is 4.57 Å². The van der Waals surface area contributed by atoms with E-state index < -0.39 is 0 Å². The summed E-state index contributed by atoms with van der Waals surface area (Å²) in [5, 5.41) is 9.37. The number of aromatic nitrogens is 4. The number of para-hydroxylation sites is 2. The SMILES string of the molecule is O=C(CSc1nnc(Cn2c(=O)sc3ccccc32)n1-c1ccccc1)c1ccccc1. The smallest absolute Gasteiger partial charge is 0.293 e. The van der Waals surface area contributed by atoms with Gasteiger partial charge in [-0.05, 0) is 24.3 Å². The van der Waals surface area contributed by atoms with Crippen LogP contribution in [0.25, 0.3) is 15.9 Å². The average Bonchev–Trinajstić information content (AvgIpc) is 3.39. The van der Waals surface area contributed by atoms with Crippen LogP contribution in [0.15, 0.2) is 94.9 Å². The molecule has 0 bridgehead atoms. The summed E-state index contributed by atoms with van der Waals surface area (Å²) in [7, 11) is 0. The minimum Gasteiger partial charge on any atom is -0.293 e. The van der Waals surface area contributed by atoms with Crippen LogP contribution in [0, 0.1) is 0 Å². The molecule has 0 unspecified atom stereocenters. The van der Waals surface area contributed by atoms with E-state index in [4.69, 9.17) is 0 Å². The highest BCUT2D eigenvalue weighted by Gasteiger charge is 2.18. The molecule has 0 amide bonds. The molecule has 3 aromatic carbocycles. The van der Waals surface area contributed by atoms with Crippen LogP contribution < -0.4 is 4.87 Å². The third kappa shape index (κ3) is 4.02. The van der Waals surface area contributed by atoms with Crippen molar-refractivity contribution < 1.29 is 4.79 Å². The van der Waals surface area contributed by atoms with Crippen molar-refractivity contribution in [3.8, 4) is 5.69 Å². The van der Waals surface area contributed by atoms with Gasteiger partial charge < -0.3 is 0 Å². The lowest BCUT2D eigenvalue weighted by Crippen LogP contribution is -2.17. The number of hydrogen-bond donors (Lipinski definition) is 0. The number of carbonyl (C=O) groups is 1. The van der Waals surface area contributed by atoms with Crippen molar-refractivity contribution in [3.63, 3.8) is 0 Å². The van der Waals surface area contributed by atoms with Gasteiger partial charge in [0.2, 0.25) is 0 Å². The first kappa shape index (κ1) is 20.4. The summed E-state index contributed by atoms with van der Waals surface area (Å²) in [4.78, 5) is 25.2. The Morgan fingerprint density at radius 3 is 2.34 bits per heavy atom. The van der Waals surface area contributed by atoms with Gasteiger partial charge in [-0.1, -0.05) is 83.8 Å². The highest BCUT2D eigenvalue weighted by molar-refractivity contribution is 7.99. The van der Waals surface area contributed by atoms with Crippen LogP contribution in [-0.4, -0.2) is 30.9 Å². The summed E-state index contributed by atoms with van der Waals surface area (Å²) in [6, 6.07) is 26.7. The second kappa shape index (κ2) is 8.94. The Labute approximate surface area is 192 Å². The molecule has 5 rings (SSSR count). The summed E-state index contributed by atoms with van der Waals surface area (Å²) < 4.78 is 4.57. The Bertz CT molecular complexity index is 1440. The molecule has 0 saturated carbocycles. The molecule has 0 fully saturated rings. The number of hydrogen-bond acceptors (Lipinski definition) is 6. The van der Waals surface area contributed by atoms with Gasteiger partial charge in [0.1, 0.15) is 0 Å². The fraction of sp³-hybridized carbons (Fsp3) is 0.0833. The molecule has 32 heavy (non-hydrogen) atoms. The lowest BCUT2D eigenvalue weighted by molar-refractivity contribution is 0.102. The molecule has 2 heterocycles. The molecule has 158 valence electrons. The van der Waals surface area contributed by atoms with Gasteiger partial charge in [0, 0.05) is 11.3 Å². The third-order valence-electron chi connectivity index (χ3n) is 5.02. The largest absolute Gasteiger partial charge is 0.308 e. The van der Waals surface area contributed by atoms with E-state index in [9.17, 15) is 9.59 Å². The van der Waals surface area contributed by atoms with Gasteiger partial charge in [-0.25, -0.2) is 0 Å². The number of thiazole rings is 1. The number of Topliss-reactive ketones (excluding diaryl/α,β-unsaturated/α-hetero) is 1. The lowest BCUT2D eigenvalue weighted by atomic mass is 10.2. The van der Waals surface area contributed by atoms with Crippen LogP contribution in [0.5, 0.6) is 0 Å². The molecule has 0 aliphatic rings. The molecule has 0 radical (unpaired) electrons. The van der Waals surface area contributed by atoms with Crippen molar-refractivity contribution in [2.24, 2.45) is 0 Å². The topological polar surface area (TPSA) is 69.8 Å². The maximum absolute atomic E-state index is 12.6. The number of rotatable bonds is 7. The summed E-state index contributed by atoms with van der Waals surface area (Å²) in [5.41, 5.74) is 2.43. The van der Waals surface area contributed by atoms with E-state index in [1.165, 1.54) is 23.1 Å². The third-order valence-corrected chi connectivity index (χ3v) is 6.91. The molecular weight excluding hydrogens is 440 g/mol. The van der Waals surface area contributed by atoms with E-state index >= 15 is 0 Å². The Morgan fingerprint density at radius 1 is 0.875 bits per heavy atom. The molecule has 0 spiro atoms. The average molecular weight is 459 g/mol. The zero-order chi connectivity index (χ0) is 21.9. The zero-order valence-corrected chi connectivity index (χ0v) is 18.6. The molecule has 0 saturated heterocycles. The first-order chi connectivity index (χ1) is 15.7. The Balaban J connectivity index is 1.49. The molecule has 0 atom stereocenters. The first-order valence-corrected chi connectivity index (χ1v) is 11.8. The van der Waals surface area contributed by atoms with Gasteiger partial charge in [-0.3, -0.25) is 18.7 Å². The van der Waals surface area contributed by atoms with Crippen molar-refractivity contribution in [1.29, 1.82) is 0 Å². The van der Waals surface area contributed by atoms with E-state index in [0.717, 1.165) is 15.9 Å². The van der Waals surface area contributed by atoms with Gasteiger partial charge in [0.05, 0.1) is 22.5 Å². The van der Waals surface area contributed by atoms with Crippen molar-refractivity contribution in [1.82, 2.24) is 19.3 Å². The van der Waals surface area contributed by atoms with Gasteiger partial charge in [-0.15, -0.1) is 10.2 Å². The minimum atomic E-state index is -0.0396. The zero-order valence-electron chi connectivity index (χ0n) is 16.9. The summed E-state index contributed by atoms with van der Waals surface area (Å²) in [5.74, 6) is 0.910. The minimum absolute atomic E-state index is 0.0276. The van der Waals surface area contributed by atoms with E-state index in [2.05, 4.69) is 10.2 Å². The maximum Gasteiger partial charge on any atom is 0.308 e. The highest BCUT2D eigenvalue weighted by Crippen LogP contribution is 2.24. The molecular formula is C24H18N4O2S2. The Hall–Kier alpha value is -3.49. The van der Waals surface area contributed by atoms with E-state index in [0.29, 0.717) is 16.5 Å². The molecule has 0 N–H and O–H groups in total. The number of thioether (sulfide) groups is 1. The van der Waals surface area contributed by atoms with Gasteiger partial charge in [-0.2, -0.15) is 0 Å². The monoisotopic (exact) mass is 458 g/mol. The summed E-state index contributed by atoms with van der Waals surface area (Å²) in [6.45, 7) is 0.290. The van der Waals surface area contributed by atoms with Crippen LogP contribution in [-0.2, 0) is 6.54 Å². The van der Waals surface area contributed by atoms with Gasteiger partial charge >= 0.3 is 4.87 Å². The van der Waals surface area contributed by atoms with Crippen molar-refractivity contribution in [2.45, 2.75) is 11.7 Å². The van der Waals surface area contributed by atoms with Crippen LogP contribution in [0.4, 0.5) is 0 Å². The van der Waals surface area contributed by atoms with Crippen LogP contribution in [0.3, 0.4) is 0 Å². The molecule has 0 aliphatic heterocycles. The normalized spacial score (nSPS) is 11.1. The van der Waals surface area contributed by atoms with Crippen LogP contribution >= 0.6 is 23.1 Å². The van der Waals surface area contributed by atoms with Crippen molar-refractivity contribution in [2.75, 3.05) is 5.75 Å². The molecule has 8 heteroatoms. The first-order valence-electron chi connectivity index (χ1n) is 10.00. The number of nitrogens with zero attached hydrogens (tertiary/aromatic N) is 4. The number of ketones is 1. The summed E-state index contributed by atoms with van der Waals surface area (Å²) in [6.07, 6.45) is 0. The quantitative estimate of drug-likeness (QED) is 0.262. The molecule has 5 aromatic rings. The van der Waals surface area contributed by atoms with Gasteiger partial charge in [0.15, 0.2) is 16.8 Å². The van der Waals surface area contributed by atoms with Gasteiger partial charge in [0.25, 0.3) is 0 Å². The van der Waals surface area contributed by atoms with Crippen LogP contribution in [0.1, 0.15) is 16.2 Å². The summed E-state index contributed by atoms with van der Waals surface area (Å²) >= 11 is 2.56. The number of fused-ring (bicyclic) bond motifs is 1. The molecule has 6 nitrogen and oxygen atoms in total. The molecule has 2 aromatic heterocycles. The van der Waals surface area contributed by atoms with E-state index in [-0.39, 0.29) is 23.0 Å². The standard InChI is InChI=1S/C24H18N4O2S2/c29-20(17-9-3-1-4-10-17)16-31-23-26-25-22(28(23)18-11-5-2-6-12-18)15-27-19-13-7-8-14-21(19)32-24(27)30/h1-14H,15-16H2. The van der Waals surface area contributed by atoms with Crippen molar-refractivity contribution in [3.05, 3.63) is 106 Å². The van der Waals surface area contributed by atoms with Crippen LogP contribution in [0.2, 0.25) is 0 Å². The fourth-order valence-corrected chi connectivity index (χ4v) is 5.23. The fourth-order valence-electron chi connectivity index (χ4n) is 3.48. The predicted octanol–water partition coefficient (Wildman–Crippen LogP) is 4.67. The number of carbonyl (C=O) groups excluding carboxylic acids is 1. The van der Waals surface area contributed by atoms with E-state index in [1.807, 2.05) is 89.5 Å². The maximum atomic E-state index is 12.6. The Kier molecular flexibility index (Phi) is 5.70. The predicted molar refractivity (Wildman–Crippen MR) is 128 cm³/mol. The Morgan fingerprint density at radius 2 is 1.56 bits per heavy atom. The van der Waals surface area contributed by atoms with Crippen molar-refractivity contribution >= 4 is 39.1 Å². The lowest BCUT2D eigenvalue weighted by Gasteiger charge is -2.11. The number of benzene rings is 3.